The molecular weight excluding hydrogens is 308 g/mol. The molecule has 25 heavy (non-hydrogen) atoms. The molecule has 1 aliphatic rings. The van der Waals surface area contributed by atoms with Crippen molar-refractivity contribution in [2.45, 2.75) is 38.3 Å². The van der Waals surface area contributed by atoms with Gasteiger partial charge in [-0.3, -0.25) is 4.90 Å². The van der Waals surface area contributed by atoms with Gasteiger partial charge >= 0.3 is 0 Å². The highest BCUT2D eigenvalue weighted by Crippen LogP contribution is 2.24. The van der Waals surface area contributed by atoms with E-state index in [0.29, 0.717) is 11.5 Å². The van der Waals surface area contributed by atoms with Crippen LogP contribution in [0.25, 0.3) is 0 Å². The first kappa shape index (κ1) is 17.7. The molecule has 0 aliphatic carbocycles. The number of hydrogen-bond acceptors (Lipinski definition) is 3. The van der Waals surface area contributed by atoms with Crippen LogP contribution in [0.2, 0.25) is 0 Å². The second-order valence-electron chi connectivity index (χ2n) is 7.01. The van der Waals surface area contributed by atoms with E-state index in [9.17, 15) is 5.11 Å². The van der Waals surface area contributed by atoms with Gasteiger partial charge in [0.05, 0.1) is 17.7 Å². The molecular formula is C22H26N2O. The number of piperidine rings is 1. The van der Waals surface area contributed by atoms with Crippen molar-refractivity contribution in [1.82, 2.24) is 4.90 Å². The van der Waals surface area contributed by atoms with Crippen LogP contribution in [0.15, 0.2) is 54.6 Å². The van der Waals surface area contributed by atoms with Crippen molar-refractivity contribution in [3.05, 3.63) is 71.3 Å². The third kappa shape index (κ3) is 5.16. The van der Waals surface area contributed by atoms with Crippen LogP contribution in [0.3, 0.4) is 0 Å². The third-order valence-corrected chi connectivity index (χ3v) is 5.24. The molecule has 1 unspecified atom stereocenters. The first-order valence-electron chi connectivity index (χ1n) is 9.18. The molecule has 0 amide bonds. The van der Waals surface area contributed by atoms with Crippen molar-refractivity contribution in [3.8, 4) is 6.07 Å². The molecule has 1 atom stereocenters. The van der Waals surface area contributed by atoms with E-state index in [1.54, 1.807) is 0 Å². The Morgan fingerprint density at radius 3 is 2.32 bits per heavy atom. The maximum Gasteiger partial charge on any atom is 0.0991 e. The molecule has 0 spiro atoms. The number of nitrogens with zero attached hydrogens (tertiary/aromatic N) is 2. The lowest BCUT2D eigenvalue weighted by molar-refractivity contribution is 0.0519. The fourth-order valence-corrected chi connectivity index (χ4v) is 3.63. The summed E-state index contributed by atoms with van der Waals surface area (Å²) in [7, 11) is 0. The Labute approximate surface area is 150 Å². The molecule has 0 aromatic heterocycles. The molecule has 2 aromatic carbocycles. The summed E-state index contributed by atoms with van der Waals surface area (Å²) in [6, 6.07) is 20.4. The van der Waals surface area contributed by atoms with Gasteiger partial charge in [0.1, 0.15) is 0 Å². The number of aliphatic hydroxyl groups is 1. The molecule has 3 nitrogen and oxygen atoms in total. The lowest BCUT2D eigenvalue weighted by atomic mass is 9.88. The molecule has 0 saturated carbocycles. The van der Waals surface area contributed by atoms with Crippen LogP contribution in [0.4, 0.5) is 0 Å². The van der Waals surface area contributed by atoms with Gasteiger partial charge in [0, 0.05) is 6.54 Å². The maximum absolute atomic E-state index is 10.5. The largest absolute Gasteiger partial charge is 0.393 e. The molecule has 3 heteroatoms. The monoisotopic (exact) mass is 334 g/mol. The lowest BCUT2D eigenvalue weighted by Crippen LogP contribution is -2.37. The van der Waals surface area contributed by atoms with E-state index >= 15 is 0 Å². The van der Waals surface area contributed by atoms with Crippen molar-refractivity contribution in [2.75, 3.05) is 13.1 Å². The van der Waals surface area contributed by atoms with Crippen LogP contribution >= 0.6 is 0 Å². The summed E-state index contributed by atoms with van der Waals surface area (Å²) in [5.41, 5.74) is 3.27. The van der Waals surface area contributed by atoms with Gasteiger partial charge in [0.15, 0.2) is 0 Å². The minimum absolute atomic E-state index is 0.197. The standard InChI is InChI=1S/C22H26N2O/c23-16-19-6-8-20(9-7-19)17-24-14-12-21(13-15-24)22(25)11-10-18-4-2-1-3-5-18/h1-9,21-22,25H,10-15,17H2. The van der Waals surface area contributed by atoms with E-state index in [4.69, 9.17) is 5.26 Å². The fourth-order valence-electron chi connectivity index (χ4n) is 3.63. The Balaban J connectivity index is 1.42. The van der Waals surface area contributed by atoms with Crippen LogP contribution in [0, 0.1) is 17.2 Å². The summed E-state index contributed by atoms with van der Waals surface area (Å²) in [6.07, 6.45) is 3.73. The normalized spacial score (nSPS) is 17.1. The molecule has 2 aromatic rings. The van der Waals surface area contributed by atoms with Crippen molar-refractivity contribution in [2.24, 2.45) is 5.92 Å². The highest BCUT2D eigenvalue weighted by molar-refractivity contribution is 5.31. The van der Waals surface area contributed by atoms with Gasteiger partial charge in [0.25, 0.3) is 0 Å². The van der Waals surface area contributed by atoms with Crippen molar-refractivity contribution in [3.63, 3.8) is 0 Å². The highest BCUT2D eigenvalue weighted by atomic mass is 16.3. The average Bonchev–Trinajstić information content (AvgIpc) is 2.68. The number of hydrogen-bond donors (Lipinski definition) is 1. The van der Waals surface area contributed by atoms with E-state index in [1.807, 2.05) is 30.3 Å². The smallest absolute Gasteiger partial charge is 0.0991 e. The summed E-state index contributed by atoms with van der Waals surface area (Å²) < 4.78 is 0. The minimum Gasteiger partial charge on any atom is -0.393 e. The van der Waals surface area contributed by atoms with Crippen LogP contribution in [-0.2, 0) is 13.0 Å². The Kier molecular flexibility index (Phi) is 6.22. The molecule has 1 N–H and O–H groups in total. The van der Waals surface area contributed by atoms with Gasteiger partial charge < -0.3 is 5.11 Å². The van der Waals surface area contributed by atoms with Gasteiger partial charge in [-0.15, -0.1) is 0 Å². The molecule has 0 bridgehead atoms. The first-order chi connectivity index (χ1) is 12.2. The first-order valence-corrected chi connectivity index (χ1v) is 9.18. The van der Waals surface area contributed by atoms with Gasteiger partial charge in [-0.05, 0) is 68.0 Å². The Morgan fingerprint density at radius 1 is 1.00 bits per heavy atom. The number of rotatable bonds is 6. The number of nitriles is 1. The molecule has 1 fully saturated rings. The molecule has 1 aliphatic heterocycles. The third-order valence-electron chi connectivity index (χ3n) is 5.24. The zero-order valence-electron chi connectivity index (χ0n) is 14.6. The minimum atomic E-state index is -0.197. The summed E-state index contributed by atoms with van der Waals surface area (Å²) in [6.45, 7) is 3.00. The van der Waals surface area contributed by atoms with E-state index in [-0.39, 0.29) is 6.10 Å². The number of benzene rings is 2. The lowest BCUT2D eigenvalue weighted by Gasteiger charge is -2.34. The number of aryl methyl sites for hydroxylation is 1. The van der Waals surface area contributed by atoms with Crippen LogP contribution in [0.5, 0.6) is 0 Å². The SMILES string of the molecule is N#Cc1ccc(CN2CCC(C(O)CCc3ccccc3)CC2)cc1. The Morgan fingerprint density at radius 2 is 1.68 bits per heavy atom. The van der Waals surface area contributed by atoms with Gasteiger partial charge in [-0.1, -0.05) is 42.5 Å². The summed E-state index contributed by atoms with van der Waals surface area (Å²) in [4.78, 5) is 2.45. The fraction of sp³-hybridized carbons (Fsp3) is 0.409. The van der Waals surface area contributed by atoms with Crippen molar-refractivity contribution < 1.29 is 5.11 Å². The second-order valence-corrected chi connectivity index (χ2v) is 7.01. The molecule has 1 heterocycles. The topological polar surface area (TPSA) is 47.3 Å². The van der Waals surface area contributed by atoms with E-state index in [2.05, 4.69) is 35.2 Å². The predicted octanol–water partition coefficient (Wildman–Crippen LogP) is 3.76. The molecule has 130 valence electrons. The van der Waals surface area contributed by atoms with Crippen LogP contribution in [0.1, 0.15) is 36.0 Å². The highest BCUT2D eigenvalue weighted by Gasteiger charge is 2.25. The Bertz CT molecular complexity index is 682. The summed E-state index contributed by atoms with van der Waals surface area (Å²) >= 11 is 0. The average molecular weight is 334 g/mol. The molecule has 1 saturated heterocycles. The molecule has 3 rings (SSSR count). The van der Waals surface area contributed by atoms with E-state index in [0.717, 1.165) is 45.3 Å². The van der Waals surface area contributed by atoms with Gasteiger partial charge in [-0.25, -0.2) is 0 Å². The van der Waals surface area contributed by atoms with Gasteiger partial charge in [-0.2, -0.15) is 5.26 Å². The summed E-state index contributed by atoms with van der Waals surface area (Å²) in [5, 5.41) is 19.4. The maximum atomic E-state index is 10.5. The number of aliphatic hydroxyl groups excluding tert-OH is 1. The number of likely N-dealkylation sites (tertiary alicyclic amines) is 1. The van der Waals surface area contributed by atoms with E-state index < -0.39 is 0 Å². The zero-order valence-corrected chi connectivity index (χ0v) is 14.6. The van der Waals surface area contributed by atoms with E-state index in [1.165, 1.54) is 11.1 Å². The predicted molar refractivity (Wildman–Crippen MR) is 99.9 cm³/mol. The quantitative estimate of drug-likeness (QED) is 0.875. The zero-order chi connectivity index (χ0) is 17.5. The summed E-state index contributed by atoms with van der Waals surface area (Å²) in [5.74, 6) is 0.418. The molecule has 0 radical (unpaired) electrons. The van der Waals surface area contributed by atoms with Crippen molar-refractivity contribution in [1.29, 1.82) is 5.26 Å². The Hall–Kier alpha value is -2.15. The van der Waals surface area contributed by atoms with Crippen LogP contribution < -0.4 is 0 Å². The van der Waals surface area contributed by atoms with Gasteiger partial charge in [0.2, 0.25) is 0 Å². The van der Waals surface area contributed by atoms with Crippen LogP contribution in [-0.4, -0.2) is 29.2 Å². The second kappa shape index (κ2) is 8.80. The van der Waals surface area contributed by atoms with Crippen molar-refractivity contribution >= 4 is 0 Å².